The summed E-state index contributed by atoms with van der Waals surface area (Å²) in [4.78, 5) is 21.7. The molecular formula is C13H19N3O3. The van der Waals surface area contributed by atoms with Crippen LogP contribution in [0.2, 0.25) is 0 Å². The molecule has 0 aliphatic carbocycles. The molecule has 2 rings (SSSR count). The third-order valence-electron chi connectivity index (χ3n) is 3.14. The summed E-state index contributed by atoms with van der Waals surface area (Å²) in [6.07, 6.45) is 5.46. The third-order valence-corrected chi connectivity index (χ3v) is 3.14. The van der Waals surface area contributed by atoms with Crippen LogP contribution in [-0.4, -0.2) is 47.1 Å². The molecule has 1 saturated heterocycles. The average Bonchev–Trinajstić information content (AvgIpc) is 2.47. The van der Waals surface area contributed by atoms with Gasteiger partial charge in [0, 0.05) is 25.4 Å². The molecule has 1 atom stereocenters. The Morgan fingerprint density at radius 3 is 2.84 bits per heavy atom. The number of carbonyl (C=O) groups is 1. The predicted molar refractivity (Wildman–Crippen MR) is 69.1 cm³/mol. The van der Waals surface area contributed by atoms with Crippen LogP contribution in [0.5, 0.6) is 11.8 Å². The Morgan fingerprint density at radius 2 is 2.16 bits per heavy atom. The van der Waals surface area contributed by atoms with Gasteiger partial charge in [-0.3, -0.25) is 4.79 Å². The fourth-order valence-corrected chi connectivity index (χ4v) is 2.18. The van der Waals surface area contributed by atoms with E-state index in [1.807, 2.05) is 11.8 Å². The Balaban J connectivity index is 2.00. The second kappa shape index (κ2) is 6.36. The van der Waals surface area contributed by atoms with Crippen LogP contribution in [0.1, 0.15) is 26.2 Å². The average molecular weight is 265 g/mol. The van der Waals surface area contributed by atoms with Gasteiger partial charge in [-0.05, 0) is 12.8 Å². The van der Waals surface area contributed by atoms with E-state index in [1.165, 1.54) is 7.11 Å². The highest BCUT2D eigenvalue weighted by Crippen LogP contribution is 2.23. The van der Waals surface area contributed by atoms with Crippen molar-refractivity contribution < 1.29 is 14.3 Å². The maximum absolute atomic E-state index is 11.7. The summed E-state index contributed by atoms with van der Waals surface area (Å²) in [5, 5.41) is 0. The predicted octanol–water partition coefficient (Wildman–Crippen LogP) is 1.27. The highest BCUT2D eigenvalue weighted by Gasteiger charge is 2.25. The van der Waals surface area contributed by atoms with Gasteiger partial charge in [0.1, 0.15) is 6.10 Å². The van der Waals surface area contributed by atoms with Crippen molar-refractivity contribution in [3.63, 3.8) is 0 Å². The Morgan fingerprint density at radius 1 is 1.42 bits per heavy atom. The summed E-state index contributed by atoms with van der Waals surface area (Å²) >= 11 is 0. The molecular weight excluding hydrogens is 246 g/mol. The molecule has 0 saturated carbocycles. The SMILES string of the molecule is CCC(=O)N1CCCC(Oc2nccnc2OC)C1. The van der Waals surface area contributed by atoms with E-state index in [0.717, 1.165) is 19.4 Å². The molecule has 6 nitrogen and oxygen atoms in total. The molecule has 1 unspecified atom stereocenters. The number of carbonyl (C=O) groups excluding carboxylic acids is 1. The molecule has 1 aliphatic rings. The normalized spacial score (nSPS) is 19.1. The van der Waals surface area contributed by atoms with E-state index in [1.54, 1.807) is 12.4 Å². The molecule has 104 valence electrons. The highest BCUT2D eigenvalue weighted by molar-refractivity contribution is 5.75. The fraction of sp³-hybridized carbons (Fsp3) is 0.615. The molecule has 2 heterocycles. The van der Waals surface area contributed by atoms with Gasteiger partial charge in [0.2, 0.25) is 5.91 Å². The number of likely N-dealkylation sites (tertiary alicyclic amines) is 1. The van der Waals surface area contributed by atoms with Crippen LogP contribution in [0.4, 0.5) is 0 Å². The molecule has 0 N–H and O–H groups in total. The Kier molecular flexibility index (Phi) is 4.54. The van der Waals surface area contributed by atoms with Gasteiger partial charge in [-0.25, -0.2) is 9.97 Å². The quantitative estimate of drug-likeness (QED) is 0.820. The van der Waals surface area contributed by atoms with Crippen LogP contribution < -0.4 is 9.47 Å². The van der Waals surface area contributed by atoms with E-state index in [0.29, 0.717) is 24.7 Å². The lowest BCUT2D eigenvalue weighted by atomic mass is 10.1. The Labute approximate surface area is 112 Å². The third kappa shape index (κ3) is 3.33. The van der Waals surface area contributed by atoms with Gasteiger partial charge < -0.3 is 14.4 Å². The van der Waals surface area contributed by atoms with Crippen LogP contribution in [-0.2, 0) is 4.79 Å². The van der Waals surface area contributed by atoms with Crippen LogP contribution in [0.15, 0.2) is 12.4 Å². The Bertz CT molecular complexity index is 439. The lowest BCUT2D eigenvalue weighted by Crippen LogP contribution is -2.44. The molecule has 1 aromatic heterocycles. The maximum Gasteiger partial charge on any atom is 0.278 e. The van der Waals surface area contributed by atoms with Gasteiger partial charge >= 0.3 is 0 Å². The molecule has 1 fully saturated rings. The van der Waals surface area contributed by atoms with E-state index < -0.39 is 0 Å². The smallest absolute Gasteiger partial charge is 0.278 e. The van der Waals surface area contributed by atoms with Crippen molar-refractivity contribution >= 4 is 5.91 Å². The summed E-state index contributed by atoms with van der Waals surface area (Å²) < 4.78 is 10.9. The second-order valence-corrected chi connectivity index (χ2v) is 4.45. The van der Waals surface area contributed by atoms with E-state index >= 15 is 0 Å². The lowest BCUT2D eigenvalue weighted by molar-refractivity contribution is -0.133. The minimum absolute atomic E-state index is 0.0464. The number of ether oxygens (including phenoxy) is 2. The van der Waals surface area contributed by atoms with Crippen LogP contribution in [0.3, 0.4) is 0 Å². The van der Waals surface area contributed by atoms with Crippen molar-refractivity contribution in [2.24, 2.45) is 0 Å². The topological polar surface area (TPSA) is 64.6 Å². The summed E-state index contributed by atoms with van der Waals surface area (Å²) in [6, 6.07) is 0. The summed E-state index contributed by atoms with van der Waals surface area (Å²) in [7, 11) is 1.53. The monoisotopic (exact) mass is 265 g/mol. The lowest BCUT2D eigenvalue weighted by Gasteiger charge is -2.32. The van der Waals surface area contributed by atoms with E-state index in [2.05, 4.69) is 9.97 Å². The molecule has 1 aliphatic heterocycles. The zero-order valence-electron chi connectivity index (χ0n) is 11.3. The van der Waals surface area contributed by atoms with Gasteiger partial charge in [0.05, 0.1) is 13.7 Å². The van der Waals surface area contributed by atoms with Crippen molar-refractivity contribution in [2.75, 3.05) is 20.2 Å². The first-order valence-electron chi connectivity index (χ1n) is 6.54. The molecule has 0 spiro atoms. The minimum Gasteiger partial charge on any atom is -0.477 e. The molecule has 6 heteroatoms. The zero-order chi connectivity index (χ0) is 13.7. The number of hydrogen-bond donors (Lipinski definition) is 0. The first-order chi connectivity index (χ1) is 9.24. The summed E-state index contributed by atoms with van der Waals surface area (Å²) in [5.41, 5.74) is 0. The number of piperidine rings is 1. The minimum atomic E-state index is -0.0464. The van der Waals surface area contributed by atoms with E-state index in [-0.39, 0.29) is 12.0 Å². The van der Waals surface area contributed by atoms with Gasteiger partial charge in [-0.1, -0.05) is 6.92 Å². The Hall–Kier alpha value is -1.85. The van der Waals surface area contributed by atoms with Crippen molar-refractivity contribution in [1.29, 1.82) is 0 Å². The van der Waals surface area contributed by atoms with Gasteiger partial charge in [0.15, 0.2) is 0 Å². The number of rotatable bonds is 4. The maximum atomic E-state index is 11.7. The largest absolute Gasteiger partial charge is 0.477 e. The number of aromatic nitrogens is 2. The molecule has 0 aromatic carbocycles. The number of nitrogens with zero attached hydrogens (tertiary/aromatic N) is 3. The van der Waals surface area contributed by atoms with Gasteiger partial charge in [-0.2, -0.15) is 0 Å². The van der Waals surface area contributed by atoms with Crippen LogP contribution in [0.25, 0.3) is 0 Å². The first-order valence-corrected chi connectivity index (χ1v) is 6.54. The molecule has 19 heavy (non-hydrogen) atoms. The van der Waals surface area contributed by atoms with Gasteiger partial charge in [0.25, 0.3) is 11.8 Å². The molecule has 0 radical (unpaired) electrons. The molecule has 1 aromatic rings. The number of methoxy groups -OCH3 is 1. The number of hydrogen-bond acceptors (Lipinski definition) is 5. The van der Waals surface area contributed by atoms with Crippen molar-refractivity contribution in [3.05, 3.63) is 12.4 Å². The number of amides is 1. The van der Waals surface area contributed by atoms with Crippen molar-refractivity contribution in [1.82, 2.24) is 14.9 Å². The van der Waals surface area contributed by atoms with Crippen LogP contribution in [0, 0.1) is 0 Å². The van der Waals surface area contributed by atoms with Gasteiger partial charge in [-0.15, -0.1) is 0 Å². The standard InChI is InChI=1S/C13H19N3O3/c1-3-11(17)16-8-4-5-10(9-16)19-13-12(18-2)14-6-7-15-13/h6-7,10H,3-5,8-9H2,1-2H3. The second-order valence-electron chi connectivity index (χ2n) is 4.45. The van der Waals surface area contributed by atoms with E-state index in [4.69, 9.17) is 9.47 Å². The van der Waals surface area contributed by atoms with E-state index in [9.17, 15) is 4.79 Å². The summed E-state index contributed by atoms with van der Waals surface area (Å²) in [6.45, 7) is 3.29. The first kappa shape index (κ1) is 13.6. The fourth-order valence-electron chi connectivity index (χ4n) is 2.18. The highest BCUT2D eigenvalue weighted by atomic mass is 16.5. The zero-order valence-corrected chi connectivity index (χ0v) is 11.3. The van der Waals surface area contributed by atoms with Crippen LogP contribution >= 0.6 is 0 Å². The van der Waals surface area contributed by atoms with Crippen molar-refractivity contribution in [3.8, 4) is 11.8 Å². The molecule has 0 bridgehead atoms. The van der Waals surface area contributed by atoms with Crippen molar-refractivity contribution in [2.45, 2.75) is 32.3 Å². The summed E-state index contributed by atoms with van der Waals surface area (Å²) in [5.74, 6) is 0.932. The molecule has 1 amide bonds.